The Labute approximate surface area is 119 Å². The highest BCUT2D eigenvalue weighted by atomic mass is 19.4. The third-order valence-electron chi connectivity index (χ3n) is 2.81. The van der Waals surface area contributed by atoms with Crippen molar-refractivity contribution in [1.82, 2.24) is 0 Å². The molecule has 2 nitrogen and oxygen atoms in total. The molecule has 0 atom stereocenters. The molecule has 0 spiro atoms. The maximum absolute atomic E-state index is 12.9. The third-order valence-corrected chi connectivity index (χ3v) is 2.81. The Morgan fingerprint density at radius 1 is 1.00 bits per heavy atom. The largest absolute Gasteiger partial charge is 0.478 e. The van der Waals surface area contributed by atoms with Crippen molar-refractivity contribution < 1.29 is 23.1 Å². The van der Waals surface area contributed by atoms with Gasteiger partial charge in [-0.05, 0) is 41.0 Å². The first-order valence-corrected chi connectivity index (χ1v) is 6.05. The number of carboxylic acid groups (broad SMARTS) is 1. The van der Waals surface area contributed by atoms with Gasteiger partial charge in [0.05, 0.1) is 5.56 Å². The van der Waals surface area contributed by atoms with E-state index < -0.39 is 17.7 Å². The second-order valence-electron chi connectivity index (χ2n) is 4.38. The van der Waals surface area contributed by atoms with Crippen LogP contribution >= 0.6 is 0 Å². The normalized spacial score (nSPS) is 11.8. The lowest BCUT2D eigenvalue weighted by Gasteiger charge is -2.11. The fourth-order valence-electron chi connectivity index (χ4n) is 1.88. The van der Waals surface area contributed by atoms with Crippen molar-refractivity contribution in [3.8, 4) is 11.1 Å². The van der Waals surface area contributed by atoms with Crippen LogP contribution < -0.4 is 0 Å². The summed E-state index contributed by atoms with van der Waals surface area (Å²) in [6, 6.07) is 12.1. The summed E-state index contributed by atoms with van der Waals surface area (Å²) >= 11 is 0. The van der Waals surface area contributed by atoms with Crippen LogP contribution in [0.1, 0.15) is 11.1 Å². The lowest BCUT2D eigenvalue weighted by Crippen LogP contribution is -2.05. The van der Waals surface area contributed by atoms with Crippen LogP contribution in [0.4, 0.5) is 13.2 Å². The Morgan fingerprint density at radius 2 is 1.67 bits per heavy atom. The van der Waals surface area contributed by atoms with E-state index in [4.69, 9.17) is 5.11 Å². The molecule has 1 N–H and O–H groups in total. The Kier molecular flexibility index (Phi) is 4.12. The number of aliphatic carboxylic acids is 1. The third kappa shape index (κ3) is 3.95. The molecular formula is C16H11F3O2. The molecule has 0 aliphatic heterocycles. The van der Waals surface area contributed by atoms with E-state index in [-0.39, 0.29) is 5.56 Å². The fraction of sp³-hybridized carbons (Fsp3) is 0.0625. The van der Waals surface area contributed by atoms with E-state index in [1.165, 1.54) is 6.07 Å². The van der Waals surface area contributed by atoms with Crippen molar-refractivity contribution in [1.29, 1.82) is 0 Å². The van der Waals surface area contributed by atoms with E-state index >= 15 is 0 Å². The van der Waals surface area contributed by atoms with Gasteiger partial charge in [0.25, 0.3) is 0 Å². The van der Waals surface area contributed by atoms with Gasteiger partial charge in [-0.15, -0.1) is 0 Å². The van der Waals surface area contributed by atoms with Gasteiger partial charge >= 0.3 is 12.1 Å². The van der Waals surface area contributed by atoms with Crippen LogP contribution in [0.5, 0.6) is 0 Å². The van der Waals surface area contributed by atoms with Crippen molar-refractivity contribution >= 4 is 12.0 Å². The van der Waals surface area contributed by atoms with Crippen molar-refractivity contribution in [3.63, 3.8) is 0 Å². The van der Waals surface area contributed by atoms with E-state index in [0.29, 0.717) is 11.1 Å². The van der Waals surface area contributed by atoms with Gasteiger partial charge in [-0.3, -0.25) is 0 Å². The second-order valence-corrected chi connectivity index (χ2v) is 4.38. The van der Waals surface area contributed by atoms with Crippen molar-refractivity contribution in [3.05, 3.63) is 65.7 Å². The minimum atomic E-state index is -4.49. The number of halogens is 3. The summed E-state index contributed by atoms with van der Waals surface area (Å²) in [4.78, 5) is 10.5. The average molecular weight is 292 g/mol. The summed E-state index contributed by atoms with van der Waals surface area (Å²) in [5.74, 6) is -1.21. The van der Waals surface area contributed by atoms with E-state index in [0.717, 1.165) is 24.3 Å². The number of carboxylic acids is 1. The summed E-state index contributed by atoms with van der Waals surface area (Å²) in [5, 5.41) is 8.58. The van der Waals surface area contributed by atoms with E-state index in [2.05, 4.69) is 0 Å². The molecule has 0 amide bonds. The van der Waals surface area contributed by atoms with Crippen molar-refractivity contribution in [2.45, 2.75) is 6.18 Å². The number of carbonyl (C=O) groups is 1. The molecule has 0 aromatic heterocycles. The zero-order valence-electron chi connectivity index (χ0n) is 10.8. The van der Waals surface area contributed by atoms with Crippen LogP contribution in [0.2, 0.25) is 0 Å². The van der Waals surface area contributed by atoms with Crippen LogP contribution in [0.25, 0.3) is 17.2 Å². The predicted molar refractivity (Wildman–Crippen MR) is 73.5 cm³/mol. The summed E-state index contributed by atoms with van der Waals surface area (Å²) in [5.41, 5.74) is 0.393. The molecule has 0 aliphatic rings. The van der Waals surface area contributed by atoms with Gasteiger partial charge in [0.2, 0.25) is 0 Å². The minimum absolute atomic E-state index is 0.186. The highest BCUT2D eigenvalue weighted by Crippen LogP contribution is 2.33. The molecule has 0 radical (unpaired) electrons. The van der Waals surface area contributed by atoms with Crippen molar-refractivity contribution in [2.24, 2.45) is 0 Å². The molecule has 2 aromatic rings. The smallest absolute Gasteiger partial charge is 0.416 e. The number of alkyl halides is 3. The summed E-state index contributed by atoms with van der Waals surface area (Å²) in [6.07, 6.45) is -2.54. The first-order valence-electron chi connectivity index (χ1n) is 6.05. The van der Waals surface area contributed by atoms with E-state index in [1.807, 2.05) is 0 Å². The number of hydrogen-bond donors (Lipinski definition) is 1. The molecule has 0 unspecified atom stereocenters. The Hall–Kier alpha value is -2.56. The molecule has 2 rings (SSSR count). The maximum Gasteiger partial charge on any atom is 0.416 e. The maximum atomic E-state index is 12.9. The van der Waals surface area contributed by atoms with Crippen molar-refractivity contribution in [2.75, 3.05) is 0 Å². The highest BCUT2D eigenvalue weighted by molar-refractivity contribution is 5.85. The highest BCUT2D eigenvalue weighted by Gasteiger charge is 2.31. The molecule has 0 saturated heterocycles. The molecule has 108 valence electrons. The SMILES string of the molecule is O=C(O)/C=C/c1cc(-c2ccccc2)cc(C(F)(F)F)c1. The molecule has 5 heteroatoms. The molecule has 0 fully saturated rings. The number of hydrogen-bond acceptors (Lipinski definition) is 1. The fourth-order valence-corrected chi connectivity index (χ4v) is 1.88. The number of benzene rings is 2. The summed E-state index contributed by atoms with van der Waals surface area (Å²) in [7, 11) is 0. The molecular weight excluding hydrogens is 281 g/mol. The topological polar surface area (TPSA) is 37.3 Å². The van der Waals surface area contributed by atoms with Gasteiger partial charge in [0.15, 0.2) is 0 Å². The van der Waals surface area contributed by atoms with Crippen LogP contribution in [-0.4, -0.2) is 11.1 Å². The molecule has 21 heavy (non-hydrogen) atoms. The van der Waals surface area contributed by atoms with Crippen LogP contribution in [-0.2, 0) is 11.0 Å². The summed E-state index contributed by atoms with van der Waals surface area (Å²) < 4.78 is 38.8. The van der Waals surface area contributed by atoms with Gasteiger partial charge < -0.3 is 5.11 Å². The van der Waals surface area contributed by atoms with E-state index in [1.54, 1.807) is 30.3 Å². The molecule has 0 saturated carbocycles. The van der Waals surface area contributed by atoms with E-state index in [9.17, 15) is 18.0 Å². The minimum Gasteiger partial charge on any atom is -0.478 e. The van der Waals surface area contributed by atoms with Gasteiger partial charge in [-0.2, -0.15) is 13.2 Å². The zero-order chi connectivity index (χ0) is 15.5. The van der Waals surface area contributed by atoms with Crippen LogP contribution in [0, 0.1) is 0 Å². The van der Waals surface area contributed by atoms with Crippen LogP contribution in [0.15, 0.2) is 54.6 Å². The van der Waals surface area contributed by atoms with Gasteiger partial charge in [-0.25, -0.2) is 4.79 Å². The van der Waals surface area contributed by atoms with Gasteiger partial charge in [0, 0.05) is 6.08 Å². The summed E-state index contributed by atoms with van der Waals surface area (Å²) in [6.45, 7) is 0. The lowest BCUT2D eigenvalue weighted by molar-refractivity contribution is -0.137. The molecule has 0 aliphatic carbocycles. The standard InChI is InChI=1S/C16H11F3O2/c17-16(18,19)14-9-11(6-7-15(20)21)8-13(10-14)12-4-2-1-3-5-12/h1-10H,(H,20,21)/b7-6+. The van der Waals surface area contributed by atoms with Crippen LogP contribution in [0.3, 0.4) is 0 Å². The predicted octanol–water partition coefficient (Wildman–Crippen LogP) is 4.47. The average Bonchev–Trinajstić information content (AvgIpc) is 2.45. The molecule has 0 bridgehead atoms. The molecule has 0 heterocycles. The van der Waals surface area contributed by atoms with Gasteiger partial charge in [-0.1, -0.05) is 30.3 Å². The Morgan fingerprint density at radius 3 is 2.24 bits per heavy atom. The quantitative estimate of drug-likeness (QED) is 0.847. The number of rotatable bonds is 3. The zero-order valence-corrected chi connectivity index (χ0v) is 10.8. The Bertz CT molecular complexity index is 674. The Balaban J connectivity index is 2.55. The monoisotopic (exact) mass is 292 g/mol. The first-order chi connectivity index (χ1) is 9.86. The second kappa shape index (κ2) is 5.83. The lowest BCUT2D eigenvalue weighted by atomic mass is 9.99. The van der Waals surface area contributed by atoms with Gasteiger partial charge in [0.1, 0.15) is 0 Å². The molecule has 2 aromatic carbocycles. The first kappa shape index (κ1) is 14.8.